The minimum atomic E-state index is -1.82. The summed E-state index contributed by atoms with van der Waals surface area (Å²) < 4.78 is 20.8. The Morgan fingerprint density at radius 1 is 0.795 bits per heavy atom. The van der Waals surface area contributed by atoms with Gasteiger partial charge in [-0.25, -0.2) is 14.2 Å². The van der Waals surface area contributed by atoms with Gasteiger partial charge in [-0.15, -0.1) is 0 Å². The van der Waals surface area contributed by atoms with E-state index in [1.54, 1.807) is 50.3 Å². The first-order valence-electron chi connectivity index (χ1n) is 27.7. The largest absolute Gasteiger partial charge is 0.481 e. The standard InChI is InChI=1S/C58H67FN10O14/c1-3-58(82)37-24-43-54-36(30-68(43)29-34(37)31-83-57(58)81)53-39(16-15-35-32(2)38(59)25-41(67-54)52(35)53)64-45(71)14-10-21-60-46(72)26-63-56(80)42(23-33-11-6-4-7-12-33)66-48(74)28-61-47(73)27-62-55(79)40(17-20-51(77)78)65-44(70)13-8-5-9-22-69-49(75)18-19-50(69)76/h4,6-7,11-12,18-19,24-25,39-40,42,82H,3,5,8-10,13-17,20-23,26-31H2,1-2H3,(H,60,72)(H,61,73)(H,62,79)(H,63,80)(H,64,71)(H,65,70)(H,66,74)(H,77,78)/t39-,40-,42-,58-/m0/s1. The van der Waals surface area contributed by atoms with E-state index in [1.807, 2.05) is 0 Å². The SMILES string of the molecule is CC[C@@]1(O)C(=O)OCC2=C1C=C1c3nc4cc(F)c(C)c5c4c(c3CN1C2)[C@@H](NC(=O)CCCNC(=O)CNC(=O)[C@H](Cc1ccccc1)NC(=O)CNC(=O)CNC(=O)[C@H](CCC(=O)O)NC(=O)CCCCCN1C(=O)C=CC1=O)CC5. The number of rotatable bonds is 27. The molecule has 0 saturated carbocycles. The zero-order valence-electron chi connectivity index (χ0n) is 46.1. The monoisotopic (exact) mass is 1150 g/mol. The molecule has 5 heterocycles. The molecule has 0 fully saturated rings. The molecule has 4 atom stereocenters. The van der Waals surface area contributed by atoms with Crippen LogP contribution in [0.5, 0.6) is 0 Å². The van der Waals surface area contributed by atoms with Crippen molar-refractivity contribution in [1.82, 2.24) is 52.0 Å². The molecule has 0 spiro atoms. The molecule has 1 aromatic heterocycles. The molecule has 0 bridgehead atoms. The average molecular weight is 1150 g/mol. The summed E-state index contributed by atoms with van der Waals surface area (Å²) in [7, 11) is 0. The summed E-state index contributed by atoms with van der Waals surface area (Å²) in [6.45, 7) is 2.80. The number of imide groups is 1. The second-order valence-corrected chi connectivity index (χ2v) is 21.1. The van der Waals surface area contributed by atoms with Crippen LogP contribution in [-0.2, 0) is 76.9 Å². The molecule has 3 aromatic rings. The van der Waals surface area contributed by atoms with Gasteiger partial charge in [0.1, 0.15) is 24.5 Å². The minimum absolute atomic E-state index is 0.00785. The Bertz CT molecular complexity index is 3220. The lowest BCUT2D eigenvalue weighted by molar-refractivity contribution is -0.163. The van der Waals surface area contributed by atoms with Crippen molar-refractivity contribution in [2.45, 2.75) is 121 Å². The Morgan fingerprint density at radius 2 is 1.47 bits per heavy atom. The third kappa shape index (κ3) is 14.4. The zero-order valence-corrected chi connectivity index (χ0v) is 46.1. The molecule has 2 aromatic carbocycles. The summed E-state index contributed by atoms with van der Waals surface area (Å²) >= 11 is 0. The van der Waals surface area contributed by atoms with Crippen LogP contribution in [0.1, 0.15) is 111 Å². The molecule has 8 rings (SSSR count). The van der Waals surface area contributed by atoms with Gasteiger partial charge in [-0.1, -0.05) is 43.7 Å². The number of ether oxygens (including phenoxy) is 1. The Balaban J connectivity index is 0.786. The Hall–Kier alpha value is -8.87. The fraction of sp³-hybridized carbons (Fsp3) is 0.448. The number of amides is 9. The van der Waals surface area contributed by atoms with Gasteiger partial charge >= 0.3 is 11.9 Å². The van der Waals surface area contributed by atoms with Crippen LogP contribution < -0.4 is 37.2 Å². The lowest BCUT2D eigenvalue weighted by Crippen LogP contribution is -2.53. The third-order valence-electron chi connectivity index (χ3n) is 15.4. The summed E-state index contributed by atoms with van der Waals surface area (Å²) in [6.07, 6.45) is 5.97. The summed E-state index contributed by atoms with van der Waals surface area (Å²) in [6, 6.07) is 7.13. The number of carboxylic acids is 1. The number of aliphatic hydroxyl groups is 1. The van der Waals surface area contributed by atoms with Crippen LogP contribution >= 0.6 is 0 Å². The maximum atomic E-state index is 15.4. The number of aliphatic carboxylic acids is 1. The van der Waals surface area contributed by atoms with Gasteiger partial charge in [0, 0.05) is 86.6 Å². The fourth-order valence-electron chi connectivity index (χ4n) is 10.9. The van der Waals surface area contributed by atoms with Gasteiger partial charge < -0.3 is 57.1 Å². The van der Waals surface area contributed by atoms with Crippen molar-refractivity contribution in [3.8, 4) is 0 Å². The number of pyridine rings is 1. The van der Waals surface area contributed by atoms with Crippen molar-refractivity contribution in [2.24, 2.45) is 0 Å². The highest BCUT2D eigenvalue weighted by atomic mass is 19.1. The molecule has 25 heteroatoms. The van der Waals surface area contributed by atoms with Crippen molar-refractivity contribution < 1.29 is 72.1 Å². The van der Waals surface area contributed by atoms with Crippen LogP contribution in [0.3, 0.4) is 0 Å². The molecular weight excluding hydrogens is 1080 g/mol. The van der Waals surface area contributed by atoms with Crippen LogP contribution in [0, 0.1) is 12.7 Å². The van der Waals surface area contributed by atoms with E-state index in [4.69, 9.17) is 9.72 Å². The van der Waals surface area contributed by atoms with E-state index >= 15 is 4.39 Å². The summed E-state index contributed by atoms with van der Waals surface area (Å²) in [5, 5.41) is 39.5. The van der Waals surface area contributed by atoms with Gasteiger partial charge in [0.05, 0.1) is 42.6 Å². The first-order valence-corrected chi connectivity index (χ1v) is 27.7. The van der Waals surface area contributed by atoms with Crippen molar-refractivity contribution in [2.75, 3.05) is 45.9 Å². The van der Waals surface area contributed by atoms with Crippen molar-refractivity contribution in [3.05, 3.63) is 105 Å². The molecule has 0 unspecified atom stereocenters. The van der Waals surface area contributed by atoms with Crippen molar-refractivity contribution in [3.63, 3.8) is 0 Å². The zero-order chi connectivity index (χ0) is 59.5. The third-order valence-corrected chi connectivity index (χ3v) is 15.4. The number of nitrogens with zero attached hydrogens (tertiary/aromatic N) is 3. The number of carbonyl (C=O) groups is 11. The smallest absolute Gasteiger partial charge is 0.343 e. The number of hydrogen-bond donors (Lipinski definition) is 9. The minimum Gasteiger partial charge on any atom is -0.481 e. The summed E-state index contributed by atoms with van der Waals surface area (Å²) in [5.74, 6) is -7.74. The quantitative estimate of drug-likeness (QED) is 0.0289. The van der Waals surface area contributed by atoms with Gasteiger partial charge in [-0.3, -0.25) is 52.8 Å². The van der Waals surface area contributed by atoms with Gasteiger partial charge in [0.15, 0.2) is 5.60 Å². The van der Waals surface area contributed by atoms with Crippen LogP contribution in [0.15, 0.2) is 65.8 Å². The normalized spacial score (nSPS) is 18.2. The van der Waals surface area contributed by atoms with E-state index in [9.17, 15) is 63.0 Å². The Labute approximate surface area is 476 Å². The number of benzene rings is 2. The molecule has 1 aliphatic carbocycles. The molecule has 4 aliphatic heterocycles. The number of unbranched alkanes of at least 4 members (excludes halogenated alkanes) is 2. The lowest BCUT2D eigenvalue weighted by Gasteiger charge is -2.37. The van der Waals surface area contributed by atoms with Gasteiger partial charge in [-0.2, -0.15) is 0 Å². The number of nitrogens with one attached hydrogen (secondary N) is 7. The Morgan fingerprint density at radius 3 is 2.18 bits per heavy atom. The number of cyclic esters (lactones) is 1. The molecule has 0 saturated heterocycles. The van der Waals surface area contributed by atoms with Gasteiger partial charge in [0.2, 0.25) is 41.4 Å². The number of esters is 1. The maximum absolute atomic E-state index is 15.4. The number of carboxylic acid groups (broad SMARTS) is 1. The molecular formula is C58H67FN10O14. The highest BCUT2D eigenvalue weighted by Crippen LogP contribution is 2.48. The van der Waals surface area contributed by atoms with Crippen LogP contribution in [0.25, 0.3) is 16.6 Å². The van der Waals surface area contributed by atoms with E-state index in [0.717, 1.165) is 32.5 Å². The van der Waals surface area contributed by atoms with E-state index in [2.05, 4.69) is 42.1 Å². The van der Waals surface area contributed by atoms with Gasteiger partial charge in [0.25, 0.3) is 11.8 Å². The van der Waals surface area contributed by atoms with Crippen LogP contribution in [0.4, 0.5) is 4.39 Å². The number of fused-ring (bicyclic) bond motifs is 4. The number of aromatic nitrogens is 1. The first-order chi connectivity index (χ1) is 39.7. The van der Waals surface area contributed by atoms with E-state index in [1.165, 1.54) is 18.2 Å². The Kier molecular flexibility index (Phi) is 19.5. The molecule has 440 valence electrons. The second kappa shape index (κ2) is 26.8. The first kappa shape index (κ1) is 60.2. The molecule has 83 heavy (non-hydrogen) atoms. The highest BCUT2D eigenvalue weighted by molar-refractivity contribution is 6.12. The number of hydrogen-bond acceptors (Lipinski definition) is 15. The molecule has 9 N–H and O–H groups in total. The second-order valence-electron chi connectivity index (χ2n) is 21.1. The lowest BCUT2D eigenvalue weighted by atomic mass is 9.81. The molecule has 0 radical (unpaired) electrons. The van der Waals surface area contributed by atoms with Gasteiger partial charge in [-0.05, 0) is 85.8 Å². The van der Waals surface area contributed by atoms with E-state index in [0.29, 0.717) is 78.8 Å². The number of aryl methyl sites for hydroxylation is 1. The number of halogens is 1. The average Bonchev–Trinajstić information content (AvgIpc) is 2.43. The molecule has 24 nitrogen and oxygen atoms in total. The predicted octanol–water partition coefficient (Wildman–Crippen LogP) is 0.758. The van der Waals surface area contributed by atoms with Crippen LogP contribution in [0.2, 0.25) is 0 Å². The predicted molar refractivity (Wildman–Crippen MR) is 294 cm³/mol. The fourth-order valence-corrected chi connectivity index (χ4v) is 10.9. The van der Waals surface area contributed by atoms with E-state index in [-0.39, 0.29) is 64.1 Å². The topological polar surface area (TPSA) is 341 Å². The number of carbonyl (C=O) groups excluding carboxylic acids is 10. The van der Waals surface area contributed by atoms with Crippen molar-refractivity contribution >= 4 is 81.7 Å². The van der Waals surface area contributed by atoms with Crippen molar-refractivity contribution in [1.29, 1.82) is 0 Å². The maximum Gasteiger partial charge on any atom is 0.343 e. The van der Waals surface area contributed by atoms with E-state index < -0.39 is 115 Å². The summed E-state index contributed by atoms with van der Waals surface area (Å²) in [4.78, 5) is 147. The van der Waals surface area contributed by atoms with Crippen LogP contribution in [-0.4, -0.2) is 154 Å². The summed E-state index contributed by atoms with van der Waals surface area (Å²) in [5.41, 5.74) is 4.85. The molecule has 9 amide bonds. The highest BCUT2D eigenvalue weighted by Gasteiger charge is 2.47. The molecule has 5 aliphatic rings.